The molecular formula is C35H54N2O4. The minimum Gasteiger partial charge on any atom is -0.396 e. The third-order valence-corrected chi connectivity index (χ3v) is 12.9. The lowest BCUT2D eigenvalue weighted by Crippen LogP contribution is -2.70. The summed E-state index contributed by atoms with van der Waals surface area (Å²) in [6.45, 7) is 1.00. The highest BCUT2D eigenvalue weighted by Gasteiger charge is 2.65. The Hall–Kier alpha value is -1.40. The van der Waals surface area contributed by atoms with Crippen LogP contribution in [-0.2, 0) is 14.3 Å². The van der Waals surface area contributed by atoms with E-state index in [1.54, 1.807) is 0 Å². The maximum Gasteiger partial charge on any atom is 0.250 e. The normalized spacial score (nSPS) is 42.0. The van der Waals surface area contributed by atoms with E-state index >= 15 is 4.79 Å². The number of methoxy groups -OCH3 is 1. The number of aliphatic hydroxyl groups is 1. The number of rotatable bonds is 6. The molecule has 0 bridgehead atoms. The van der Waals surface area contributed by atoms with Crippen molar-refractivity contribution in [3.8, 4) is 0 Å². The smallest absolute Gasteiger partial charge is 0.250 e. The van der Waals surface area contributed by atoms with Crippen LogP contribution in [0.3, 0.4) is 0 Å². The molecule has 7 rings (SSSR count). The van der Waals surface area contributed by atoms with Crippen molar-refractivity contribution in [3.63, 3.8) is 0 Å². The van der Waals surface area contributed by atoms with Gasteiger partial charge in [-0.15, -0.1) is 0 Å². The maximum absolute atomic E-state index is 15.4. The van der Waals surface area contributed by atoms with Gasteiger partial charge in [-0.1, -0.05) is 25.7 Å². The third-order valence-electron chi connectivity index (χ3n) is 12.9. The number of aliphatic hydroxyl groups excluding tert-OH is 1. The zero-order valence-corrected chi connectivity index (χ0v) is 25.5. The van der Waals surface area contributed by atoms with Gasteiger partial charge in [0.1, 0.15) is 0 Å². The molecule has 1 saturated heterocycles. The molecule has 5 aliphatic carbocycles. The summed E-state index contributed by atoms with van der Waals surface area (Å²) in [6.07, 6.45) is 21.0. The summed E-state index contributed by atoms with van der Waals surface area (Å²) < 4.78 is 6.03. The number of ether oxygens (including phenoxy) is 1. The van der Waals surface area contributed by atoms with Crippen molar-refractivity contribution in [2.75, 3.05) is 20.3 Å². The van der Waals surface area contributed by atoms with Crippen LogP contribution in [0.5, 0.6) is 0 Å². The van der Waals surface area contributed by atoms with Gasteiger partial charge in [-0.05, 0) is 120 Å². The van der Waals surface area contributed by atoms with Gasteiger partial charge < -0.3 is 19.6 Å². The molecule has 0 aromatic carbocycles. The van der Waals surface area contributed by atoms with Crippen molar-refractivity contribution in [1.29, 1.82) is 0 Å². The van der Waals surface area contributed by atoms with Crippen LogP contribution in [0.2, 0.25) is 0 Å². The lowest BCUT2D eigenvalue weighted by molar-refractivity contribution is -0.169. The molecule has 6 atom stereocenters. The van der Waals surface area contributed by atoms with Crippen molar-refractivity contribution in [2.24, 2.45) is 29.1 Å². The molecule has 228 valence electrons. The van der Waals surface area contributed by atoms with Crippen molar-refractivity contribution < 1.29 is 19.4 Å². The van der Waals surface area contributed by atoms with Crippen molar-refractivity contribution >= 4 is 11.8 Å². The number of nitrogens with zero attached hydrogens (tertiary/aromatic N) is 2. The highest BCUT2D eigenvalue weighted by molar-refractivity contribution is 6.01. The summed E-state index contributed by atoms with van der Waals surface area (Å²) in [5.41, 5.74) is 1.77. The molecule has 5 fully saturated rings. The van der Waals surface area contributed by atoms with Gasteiger partial charge in [0, 0.05) is 43.8 Å². The Labute approximate surface area is 247 Å². The average molecular weight is 567 g/mol. The number of fused-ring (bicyclic) bond motifs is 2. The fraction of sp³-hybridized carbons (Fsp3) is 0.886. The molecule has 7 aliphatic rings. The van der Waals surface area contributed by atoms with Crippen LogP contribution in [0.1, 0.15) is 122 Å². The van der Waals surface area contributed by atoms with Crippen molar-refractivity contribution in [1.82, 2.24) is 9.80 Å². The summed E-state index contributed by atoms with van der Waals surface area (Å²) in [5, 5.41) is 9.98. The predicted molar refractivity (Wildman–Crippen MR) is 159 cm³/mol. The highest BCUT2D eigenvalue weighted by atomic mass is 16.5. The van der Waals surface area contributed by atoms with E-state index in [4.69, 9.17) is 4.74 Å². The molecule has 2 amide bonds. The van der Waals surface area contributed by atoms with E-state index in [1.807, 2.05) is 7.11 Å². The van der Waals surface area contributed by atoms with E-state index in [2.05, 4.69) is 9.80 Å². The average Bonchev–Trinajstić information content (AvgIpc) is 3.86. The van der Waals surface area contributed by atoms with Gasteiger partial charge in [0.2, 0.25) is 11.8 Å². The van der Waals surface area contributed by atoms with Gasteiger partial charge in [0.15, 0.2) is 0 Å². The van der Waals surface area contributed by atoms with Crippen molar-refractivity contribution in [3.05, 3.63) is 11.1 Å². The lowest BCUT2D eigenvalue weighted by atomic mass is 9.53. The second-order valence-electron chi connectivity index (χ2n) is 15.1. The number of hydrogen-bond donors (Lipinski definition) is 1. The SMILES string of the molecule is COC1CCCCC1CN1C(=O)C2=C(CCCC2)[C@@]2(CC3CCCCC3N(C3CC3)C2=O)[C@@H]1C1CCC(CO)CC1. The molecule has 4 saturated carbocycles. The van der Waals surface area contributed by atoms with Gasteiger partial charge in [0.25, 0.3) is 0 Å². The zero-order valence-electron chi connectivity index (χ0n) is 25.5. The zero-order chi connectivity index (χ0) is 28.1. The first-order valence-electron chi connectivity index (χ1n) is 17.6. The molecule has 0 aromatic heterocycles. The molecule has 41 heavy (non-hydrogen) atoms. The quantitative estimate of drug-likeness (QED) is 0.427. The Kier molecular flexibility index (Phi) is 8.03. The van der Waals surface area contributed by atoms with E-state index in [0.717, 1.165) is 95.6 Å². The molecule has 2 heterocycles. The first-order valence-corrected chi connectivity index (χ1v) is 17.6. The Balaban J connectivity index is 1.36. The molecule has 1 N–H and O–H groups in total. The molecule has 2 aliphatic heterocycles. The summed E-state index contributed by atoms with van der Waals surface area (Å²) >= 11 is 0. The van der Waals surface area contributed by atoms with E-state index in [9.17, 15) is 9.90 Å². The van der Waals surface area contributed by atoms with Gasteiger partial charge in [-0.3, -0.25) is 9.59 Å². The van der Waals surface area contributed by atoms with Gasteiger partial charge >= 0.3 is 0 Å². The van der Waals surface area contributed by atoms with Crippen molar-refractivity contribution in [2.45, 2.75) is 146 Å². The van der Waals surface area contributed by atoms with Crippen LogP contribution in [-0.4, -0.2) is 71.2 Å². The number of piperidine rings is 1. The summed E-state index contributed by atoms with van der Waals surface area (Å²) in [5.74, 6) is 2.27. The topological polar surface area (TPSA) is 70.1 Å². The largest absolute Gasteiger partial charge is 0.396 e. The number of amides is 2. The van der Waals surface area contributed by atoms with E-state index < -0.39 is 5.41 Å². The first kappa shape index (κ1) is 28.4. The summed E-state index contributed by atoms with van der Waals surface area (Å²) in [6, 6.07) is 0.795. The lowest BCUT2D eigenvalue weighted by Gasteiger charge is -2.61. The minimum atomic E-state index is -0.543. The number of carbonyl (C=O) groups is 2. The van der Waals surface area contributed by atoms with Crippen LogP contribution >= 0.6 is 0 Å². The summed E-state index contributed by atoms with van der Waals surface area (Å²) in [7, 11) is 1.85. The number of carbonyl (C=O) groups excluding carboxylic acids is 2. The maximum atomic E-state index is 15.4. The Morgan fingerprint density at radius 1 is 0.829 bits per heavy atom. The molecule has 0 radical (unpaired) electrons. The molecular weight excluding hydrogens is 512 g/mol. The Morgan fingerprint density at radius 2 is 1.56 bits per heavy atom. The molecule has 6 nitrogen and oxygen atoms in total. The van der Waals surface area contributed by atoms with Crippen LogP contribution in [0.4, 0.5) is 0 Å². The Bertz CT molecular complexity index is 1030. The van der Waals surface area contributed by atoms with Gasteiger partial charge in [-0.25, -0.2) is 0 Å². The fourth-order valence-corrected chi connectivity index (χ4v) is 10.8. The second kappa shape index (κ2) is 11.6. The molecule has 4 unspecified atom stereocenters. The van der Waals surface area contributed by atoms with Crippen LogP contribution in [0.25, 0.3) is 0 Å². The Morgan fingerprint density at radius 3 is 2.32 bits per heavy atom. The minimum absolute atomic E-state index is 0.0393. The van der Waals surface area contributed by atoms with Crippen LogP contribution in [0, 0.1) is 29.1 Å². The molecule has 0 aromatic rings. The number of hydrogen-bond acceptors (Lipinski definition) is 4. The third kappa shape index (κ3) is 4.82. The predicted octanol–water partition coefficient (Wildman–Crippen LogP) is 6.01. The van der Waals surface area contributed by atoms with E-state index in [-0.39, 0.29) is 24.7 Å². The van der Waals surface area contributed by atoms with Gasteiger partial charge in [-0.2, -0.15) is 0 Å². The second-order valence-corrected chi connectivity index (χ2v) is 15.1. The standard InChI is InChI=1S/C35H54N2O4/c1-41-31-13-7-3-9-26(31)21-36-32(24-16-14-23(22-38)15-17-24)35(29-11-5-4-10-28(29)33(36)39)20-25-8-2-6-12-30(25)37(34(35)40)27-18-19-27/h23-27,30-32,38H,2-22H2,1H3/t23?,24?,25?,26?,30?,31?,32-,35-/m0/s1. The van der Waals surface area contributed by atoms with Crippen LogP contribution in [0.15, 0.2) is 11.1 Å². The molecule has 6 heteroatoms. The van der Waals surface area contributed by atoms with E-state index in [1.165, 1.54) is 44.1 Å². The first-order chi connectivity index (χ1) is 20.1. The van der Waals surface area contributed by atoms with Crippen LogP contribution < -0.4 is 0 Å². The number of likely N-dealkylation sites (tertiary alicyclic amines) is 1. The van der Waals surface area contributed by atoms with E-state index in [0.29, 0.717) is 41.7 Å². The molecule has 1 spiro atoms. The highest BCUT2D eigenvalue weighted by Crippen LogP contribution is 2.60. The fourth-order valence-electron chi connectivity index (χ4n) is 10.8. The monoisotopic (exact) mass is 566 g/mol. The summed E-state index contributed by atoms with van der Waals surface area (Å²) in [4.78, 5) is 34.9. The van der Waals surface area contributed by atoms with Gasteiger partial charge in [0.05, 0.1) is 17.6 Å².